The van der Waals surface area contributed by atoms with Gasteiger partial charge in [-0.25, -0.2) is 4.98 Å². The molecule has 1 aliphatic heterocycles. The summed E-state index contributed by atoms with van der Waals surface area (Å²) < 4.78 is 0. The highest BCUT2D eigenvalue weighted by Gasteiger charge is 2.37. The zero-order chi connectivity index (χ0) is 13.5. The molecule has 1 amide bonds. The number of carbonyl (C=O) groups is 1. The minimum Gasteiger partial charge on any atom is -0.340 e. The van der Waals surface area contributed by atoms with E-state index in [9.17, 15) is 4.79 Å². The number of hydrogen-bond donors (Lipinski definition) is 1. The van der Waals surface area contributed by atoms with E-state index in [0.717, 1.165) is 49.1 Å². The monoisotopic (exact) mass is 269 g/mol. The number of aromatic nitrogens is 2. The third-order valence-electron chi connectivity index (χ3n) is 4.71. The summed E-state index contributed by atoms with van der Waals surface area (Å²) in [6.07, 6.45) is 5.46. The Bertz CT molecular complexity index is 611. The van der Waals surface area contributed by atoms with Crippen molar-refractivity contribution in [2.75, 3.05) is 6.54 Å². The van der Waals surface area contributed by atoms with Gasteiger partial charge in [0, 0.05) is 12.5 Å². The molecule has 1 saturated carbocycles. The van der Waals surface area contributed by atoms with Crippen molar-refractivity contribution >= 4 is 16.9 Å². The van der Waals surface area contributed by atoms with Crippen LogP contribution in [0.25, 0.3) is 11.0 Å². The second-order valence-electron chi connectivity index (χ2n) is 5.96. The first-order valence-electron chi connectivity index (χ1n) is 7.58. The average molecular weight is 269 g/mol. The Morgan fingerprint density at radius 1 is 1.20 bits per heavy atom. The Morgan fingerprint density at radius 2 is 2.05 bits per heavy atom. The number of para-hydroxylation sites is 2. The van der Waals surface area contributed by atoms with E-state index >= 15 is 0 Å². The molecule has 0 bridgehead atoms. The second kappa shape index (κ2) is 4.62. The van der Waals surface area contributed by atoms with Crippen molar-refractivity contribution in [2.24, 2.45) is 5.92 Å². The lowest BCUT2D eigenvalue weighted by atomic mass is 9.84. The number of amides is 1. The van der Waals surface area contributed by atoms with Crippen LogP contribution < -0.4 is 0 Å². The predicted molar refractivity (Wildman–Crippen MR) is 77.1 cm³/mol. The number of imidazole rings is 1. The summed E-state index contributed by atoms with van der Waals surface area (Å²) in [4.78, 5) is 22.6. The van der Waals surface area contributed by atoms with E-state index in [1.807, 2.05) is 24.3 Å². The Hall–Kier alpha value is -1.84. The minimum atomic E-state index is 0.149. The minimum absolute atomic E-state index is 0.149. The first kappa shape index (κ1) is 11.9. The predicted octanol–water partition coefficient (Wildman–Crippen LogP) is 3.03. The highest BCUT2D eigenvalue weighted by Crippen LogP contribution is 2.36. The molecule has 4 rings (SSSR count). The fourth-order valence-corrected chi connectivity index (χ4v) is 3.33. The van der Waals surface area contributed by atoms with Gasteiger partial charge in [0.05, 0.1) is 17.1 Å². The van der Waals surface area contributed by atoms with Crippen molar-refractivity contribution in [1.29, 1.82) is 0 Å². The number of H-pyrrole nitrogens is 1. The van der Waals surface area contributed by atoms with Gasteiger partial charge in [-0.05, 0) is 37.8 Å². The summed E-state index contributed by atoms with van der Waals surface area (Å²) in [6, 6.07) is 8.21. The van der Waals surface area contributed by atoms with E-state index in [2.05, 4.69) is 14.9 Å². The molecule has 2 fully saturated rings. The lowest BCUT2D eigenvalue weighted by Gasteiger charge is -2.32. The summed E-state index contributed by atoms with van der Waals surface area (Å²) in [5.74, 6) is 1.58. The fourth-order valence-electron chi connectivity index (χ4n) is 3.33. The van der Waals surface area contributed by atoms with Crippen molar-refractivity contribution in [3.8, 4) is 0 Å². The van der Waals surface area contributed by atoms with E-state index < -0.39 is 0 Å². The highest BCUT2D eigenvalue weighted by atomic mass is 16.2. The van der Waals surface area contributed by atoms with Crippen LogP contribution in [0.1, 0.15) is 44.0 Å². The molecule has 0 spiro atoms. The van der Waals surface area contributed by atoms with Crippen LogP contribution in [0, 0.1) is 5.92 Å². The summed E-state index contributed by atoms with van der Waals surface area (Å²) in [7, 11) is 0. The first-order chi connectivity index (χ1) is 9.83. The number of benzene rings is 1. The maximum absolute atomic E-state index is 12.5. The maximum atomic E-state index is 12.5. The smallest absolute Gasteiger partial charge is 0.226 e. The van der Waals surface area contributed by atoms with Crippen molar-refractivity contribution in [2.45, 2.75) is 38.1 Å². The summed E-state index contributed by atoms with van der Waals surface area (Å²) in [5.41, 5.74) is 2.05. The van der Waals surface area contributed by atoms with Gasteiger partial charge in [-0.3, -0.25) is 4.79 Å². The van der Waals surface area contributed by atoms with Gasteiger partial charge in [-0.15, -0.1) is 0 Å². The second-order valence-corrected chi connectivity index (χ2v) is 5.96. The van der Waals surface area contributed by atoms with E-state index in [4.69, 9.17) is 0 Å². The molecular weight excluding hydrogens is 250 g/mol. The van der Waals surface area contributed by atoms with Crippen LogP contribution in [0.5, 0.6) is 0 Å². The molecule has 0 radical (unpaired) electrons. The molecule has 1 aromatic carbocycles. The third kappa shape index (κ3) is 1.82. The third-order valence-corrected chi connectivity index (χ3v) is 4.71. The van der Waals surface area contributed by atoms with Crippen LogP contribution in [0.2, 0.25) is 0 Å². The largest absolute Gasteiger partial charge is 0.340 e. The summed E-state index contributed by atoms with van der Waals surface area (Å²) in [6.45, 7) is 0.886. The number of carbonyl (C=O) groups excluding carboxylic acids is 1. The van der Waals surface area contributed by atoms with Crippen LogP contribution in [-0.4, -0.2) is 27.3 Å². The van der Waals surface area contributed by atoms with Gasteiger partial charge in [-0.1, -0.05) is 18.6 Å². The molecular formula is C16H19N3O. The first-order valence-corrected chi connectivity index (χ1v) is 7.58. The molecule has 2 heterocycles. The van der Waals surface area contributed by atoms with Crippen LogP contribution >= 0.6 is 0 Å². The van der Waals surface area contributed by atoms with Crippen LogP contribution in [-0.2, 0) is 4.79 Å². The molecule has 4 heteroatoms. The fraction of sp³-hybridized carbons (Fsp3) is 0.500. The standard InChI is InChI=1S/C16H19N3O/c20-16(11-5-3-6-11)19-10-4-9-14(19)15-17-12-7-1-2-8-13(12)18-15/h1-2,7-8,11,14H,3-6,9-10H2,(H,17,18)/t14-/m0/s1. The molecule has 0 unspecified atom stereocenters. The molecule has 1 aromatic heterocycles. The van der Waals surface area contributed by atoms with E-state index in [-0.39, 0.29) is 12.0 Å². The zero-order valence-corrected chi connectivity index (χ0v) is 11.5. The number of rotatable bonds is 2. The molecule has 1 N–H and O–H groups in total. The summed E-state index contributed by atoms with van der Waals surface area (Å²) >= 11 is 0. The van der Waals surface area contributed by atoms with Gasteiger partial charge in [0.25, 0.3) is 0 Å². The molecule has 4 nitrogen and oxygen atoms in total. The van der Waals surface area contributed by atoms with Crippen LogP contribution in [0.15, 0.2) is 24.3 Å². The Kier molecular flexibility index (Phi) is 2.76. The molecule has 1 aliphatic carbocycles. The van der Waals surface area contributed by atoms with Crippen molar-refractivity contribution in [3.63, 3.8) is 0 Å². The van der Waals surface area contributed by atoms with E-state index in [1.54, 1.807) is 0 Å². The van der Waals surface area contributed by atoms with Gasteiger partial charge in [0.15, 0.2) is 0 Å². The molecule has 104 valence electrons. The van der Waals surface area contributed by atoms with Gasteiger partial charge >= 0.3 is 0 Å². The van der Waals surface area contributed by atoms with Gasteiger partial charge in [-0.2, -0.15) is 0 Å². The van der Waals surface area contributed by atoms with Gasteiger partial charge in [0.2, 0.25) is 5.91 Å². The van der Waals surface area contributed by atoms with Gasteiger partial charge < -0.3 is 9.88 Å². The quantitative estimate of drug-likeness (QED) is 0.911. The SMILES string of the molecule is O=C(C1CCC1)N1CCC[C@H]1c1nc2ccccc2[nH]1. The van der Waals surface area contributed by atoms with Crippen molar-refractivity contribution in [3.05, 3.63) is 30.1 Å². The average Bonchev–Trinajstić information content (AvgIpc) is 3.02. The molecule has 1 atom stereocenters. The molecule has 20 heavy (non-hydrogen) atoms. The Morgan fingerprint density at radius 3 is 2.80 bits per heavy atom. The topological polar surface area (TPSA) is 49.0 Å². The number of nitrogens with zero attached hydrogens (tertiary/aromatic N) is 2. The maximum Gasteiger partial charge on any atom is 0.226 e. The molecule has 2 aliphatic rings. The summed E-state index contributed by atoms with van der Waals surface area (Å²) in [5, 5.41) is 0. The normalized spacial score (nSPS) is 23.2. The van der Waals surface area contributed by atoms with Crippen LogP contribution in [0.4, 0.5) is 0 Å². The van der Waals surface area contributed by atoms with E-state index in [1.165, 1.54) is 6.42 Å². The number of nitrogens with one attached hydrogen (secondary N) is 1. The number of likely N-dealkylation sites (tertiary alicyclic amines) is 1. The zero-order valence-electron chi connectivity index (χ0n) is 11.5. The highest BCUT2D eigenvalue weighted by molar-refractivity contribution is 5.80. The Labute approximate surface area is 118 Å². The number of aromatic amines is 1. The van der Waals surface area contributed by atoms with Crippen LogP contribution in [0.3, 0.4) is 0 Å². The van der Waals surface area contributed by atoms with E-state index in [0.29, 0.717) is 5.91 Å². The molecule has 1 saturated heterocycles. The van der Waals surface area contributed by atoms with Crippen molar-refractivity contribution < 1.29 is 4.79 Å². The molecule has 2 aromatic rings. The van der Waals surface area contributed by atoms with Crippen molar-refractivity contribution in [1.82, 2.24) is 14.9 Å². The lowest BCUT2D eigenvalue weighted by Crippen LogP contribution is -2.38. The number of fused-ring (bicyclic) bond motifs is 1. The number of hydrogen-bond acceptors (Lipinski definition) is 2. The lowest BCUT2D eigenvalue weighted by molar-refractivity contribution is -0.139. The van der Waals surface area contributed by atoms with Gasteiger partial charge in [0.1, 0.15) is 5.82 Å². The Balaban J connectivity index is 1.63.